The molecule has 2 rings (SSSR count). The summed E-state index contributed by atoms with van der Waals surface area (Å²) >= 11 is 0. The Morgan fingerprint density at radius 2 is 2.09 bits per heavy atom. The third kappa shape index (κ3) is 4.83. The van der Waals surface area contributed by atoms with E-state index in [0.717, 1.165) is 32.5 Å². The molecule has 0 radical (unpaired) electrons. The van der Waals surface area contributed by atoms with Gasteiger partial charge in [0.1, 0.15) is 0 Å². The minimum Gasteiger partial charge on any atom is -0.356 e. The number of piperidine rings is 1. The van der Waals surface area contributed by atoms with Crippen LogP contribution in [-0.4, -0.2) is 41.3 Å². The van der Waals surface area contributed by atoms with E-state index in [1.165, 1.54) is 0 Å². The van der Waals surface area contributed by atoms with Gasteiger partial charge in [-0.15, -0.1) is 0 Å². The van der Waals surface area contributed by atoms with Gasteiger partial charge in [0, 0.05) is 38.4 Å². The molecule has 2 heterocycles. The van der Waals surface area contributed by atoms with Gasteiger partial charge in [0.15, 0.2) is 0 Å². The molecule has 2 amide bonds. The number of amides is 2. The van der Waals surface area contributed by atoms with Crippen molar-refractivity contribution in [1.29, 1.82) is 0 Å². The highest BCUT2D eigenvalue weighted by atomic mass is 16.2. The molecule has 0 aliphatic carbocycles. The Kier molecular flexibility index (Phi) is 5.92. The van der Waals surface area contributed by atoms with Crippen molar-refractivity contribution >= 4 is 11.8 Å². The van der Waals surface area contributed by atoms with Crippen LogP contribution in [0.15, 0.2) is 24.5 Å². The number of carbonyl (C=O) groups is 2. The maximum Gasteiger partial charge on any atom is 0.255 e. The van der Waals surface area contributed by atoms with E-state index in [1.807, 2.05) is 18.7 Å². The average Bonchev–Trinajstić information content (AvgIpc) is 2.53. The van der Waals surface area contributed by atoms with Gasteiger partial charge in [-0.05, 0) is 36.8 Å². The second kappa shape index (κ2) is 7.92. The van der Waals surface area contributed by atoms with Gasteiger partial charge in [0.05, 0.1) is 5.56 Å². The fourth-order valence-corrected chi connectivity index (χ4v) is 2.71. The van der Waals surface area contributed by atoms with Gasteiger partial charge >= 0.3 is 0 Å². The molecule has 22 heavy (non-hydrogen) atoms. The molecule has 1 aromatic rings. The van der Waals surface area contributed by atoms with E-state index in [9.17, 15) is 9.59 Å². The molecule has 5 heteroatoms. The van der Waals surface area contributed by atoms with Crippen LogP contribution in [0.25, 0.3) is 0 Å². The highest BCUT2D eigenvalue weighted by molar-refractivity contribution is 5.93. The molecule has 1 fully saturated rings. The fourth-order valence-electron chi connectivity index (χ4n) is 2.71. The molecule has 5 nitrogen and oxygen atoms in total. The van der Waals surface area contributed by atoms with E-state index in [2.05, 4.69) is 10.3 Å². The standard InChI is InChI=1S/C17H25N3O2/c1-13(2)10-16(21)19-11-14-5-8-20(9-6-14)17(22)15-4-3-7-18-12-15/h3-4,7,12-14H,5-6,8-11H2,1-2H3,(H,19,21). The van der Waals surface area contributed by atoms with Crippen molar-refractivity contribution < 1.29 is 9.59 Å². The Bertz CT molecular complexity index is 494. The van der Waals surface area contributed by atoms with Crippen molar-refractivity contribution in [3.05, 3.63) is 30.1 Å². The van der Waals surface area contributed by atoms with Crippen LogP contribution < -0.4 is 5.32 Å². The second-order valence-corrected chi connectivity index (χ2v) is 6.38. The molecule has 1 aromatic heterocycles. The van der Waals surface area contributed by atoms with Crippen molar-refractivity contribution in [2.45, 2.75) is 33.1 Å². The summed E-state index contributed by atoms with van der Waals surface area (Å²) in [5, 5.41) is 3.01. The third-order valence-corrected chi connectivity index (χ3v) is 3.99. The SMILES string of the molecule is CC(C)CC(=O)NCC1CCN(C(=O)c2cccnc2)CC1. The summed E-state index contributed by atoms with van der Waals surface area (Å²) in [6.45, 7) is 6.31. The summed E-state index contributed by atoms with van der Waals surface area (Å²) in [4.78, 5) is 29.9. The third-order valence-electron chi connectivity index (χ3n) is 3.99. The summed E-state index contributed by atoms with van der Waals surface area (Å²) in [5.74, 6) is 1.03. The Hall–Kier alpha value is -1.91. The van der Waals surface area contributed by atoms with Crippen LogP contribution in [0.4, 0.5) is 0 Å². The van der Waals surface area contributed by atoms with Gasteiger partial charge in [0.2, 0.25) is 5.91 Å². The number of likely N-dealkylation sites (tertiary alicyclic amines) is 1. The number of nitrogens with one attached hydrogen (secondary N) is 1. The first-order valence-corrected chi connectivity index (χ1v) is 8.02. The summed E-state index contributed by atoms with van der Waals surface area (Å²) in [5.41, 5.74) is 0.645. The van der Waals surface area contributed by atoms with Crippen molar-refractivity contribution in [3.63, 3.8) is 0 Å². The van der Waals surface area contributed by atoms with Crippen LogP contribution in [0, 0.1) is 11.8 Å². The lowest BCUT2D eigenvalue weighted by Gasteiger charge is -2.32. The van der Waals surface area contributed by atoms with Crippen molar-refractivity contribution in [3.8, 4) is 0 Å². The van der Waals surface area contributed by atoms with E-state index >= 15 is 0 Å². The number of nitrogens with zero attached hydrogens (tertiary/aromatic N) is 2. The molecule has 1 aliphatic heterocycles. The lowest BCUT2D eigenvalue weighted by atomic mass is 9.96. The Morgan fingerprint density at radius 3 is 2.68 bits per heavy atom. The molecular weight excluding hydrogens is 278 g/mol. The predicted octanol–water partition coefficient (Wildman–Crippen LogP) is 2.10. The molecule has 0 bridgehead atoms. The number of pyridine rings is 1. The molecule has 0 aromatic carbocycles. The number of rotatable bonds is 5. The van der Waals surface area contributed by atoms with Crippen LogP contribution in [-0.2, 0) is 4.79 Å². The Labute approximate surface area is 132 Å². The lowest BCUT2D eigenvalue weighted by Crippen LogP contribution is -2.41. The van der Waals surface area contributed by atoms with Gasteiger partial charge in [0.25, 0.3) is 5.91 Å². The van der Waals surface area contributed by atoms with Gasteiger partial charge in [-0.25, -0.2) is 0 Å². The molecule has 0 atom stereocenters. The molecule has 0 spiro atoms. The first-order chi connectivity index (χ1) is 10.6. The quantitative estimate of drug-likeness (QED) is 0.906. The largest absolute Gasteiger partial charge is 0.356 e. The summed E-state index contributed by atoms with van der Waals surface area (Å²) < 4.78 is 0. The van der Waals surface area contributed by atoms with Crippen LogP contribution in [0.1, 0.15) is 43.5 Å². The first-order valence-electron chi connectivity index (χ1n) is 8.02. The predicted molar refractivity (Wildman–Crippen MR) is 85.3 cm³/mol. The van der Waals surface area contributed by atoms with Crippen LogP contribution in [0.5, 0.6) is 0 Å². The molecule has 1 aliphatic rings. The zero-order valence-electron chi connectivity index (χ0n) is 13.4. The summed E-state index contributed by atoms with van der Waals surface area (Å²) in [6.07, 6.45) is 5.74. The topological polar surface area (TPSA) is 62.3 Å². The molecular formula is C17H25N3O2. The van der Waals surface area contributed by atoms with E-state index in [4.69, 9.17) is 0 Å². The van der Waals surface area contributed by atoms with Crippen LogP contribution >= 0.6 is 0 Å². The fraction of sp³-hybridized carbons (Fsp3) is 0.588. The molecule has 0 saturated carbocycles. The van der Waals surface area contributed by atoms with Crippen molar-refractivity contribution in [1.82, 2.24) is 15.2 Å². The van der Waals surface area contributed by atoms with Crippen molar-refractivity contribution in [2.24, 2.45) is 11.8 Å². The lowest BCUT2D eigenvalue weighted by molar-refractivity contribution is -0.122. The Morgan fingerprint density at radius 1 is 1.36 bits per heavy atom. The molecule has 120 valence electrons. The second-order valence-electron chi connectivity index (χ2n) is 6.38. The minimum absolute atomic E-state index is 0.0513. The highest BCUT2D eigenvalue weighted by Crippen LogP contribution is 2.18. The van der Waals surface area contributed by atoms with Gasteiger partial charge in [-0.1, -0.05) is 13.8 Å². The maximum absolute atomic E-state index is 12.3. The van der Waals surface area contributed by atoms with E-state index in [0.29, 0.717) is 23.8 Å². The summed E-state index contributed by atoms with van der Waals surface area (Å²) in [7, 11) is 0. The maximum atomic E-state index is 12.3. The monoisotopic (exact) mass is 303 g/mol. The van der Waals surface area contributed by atoms with Gasteiger partial charge < -0.3 is 10.2 Å². The first kappa shape index (κ1) is 16.5. The van der Waals surface area contributed by atoms with Crippen molar-refractivity contribution in [2.75, 3.05) is 19.6 Å². The number of carbonyl (C=O) groups excluding carboxylic acids is 2. The molecule has 1 saturated heterocycles. The molecule has 1 N–H and O–H groups in total. The highest BCUT2D eigenvalue weighted by Gasteiger charge is 2.23. The zero-order valence-corrected chi connectivity index (χ0v) is 13.4. The molecule has 0 unspecified atom stereocenters. The average molecular weight is 303 g/mol. The number of hydrogen-bond acceptors (Lipinski definition) is 3. The summed E-state index contributed by atoms with van der Waals surface area (Å²) in [6, 6.07) is 3.58. The van der Waals surface area contributed by atoms with Gasteiger partial charge in [-0.2, -0.15) is 0 Å². The number of aromatic nitrogens is 1. The van der Waals surface area contributed by atoms with Crippen LogP contribution in [0.3, 0.4) is 0 Å². The normalized spacial score (nSPS) is 15.9. The number of hydrogen-bond donors (Lipinski definition) is 1. The van der Waals surface area contributed by atoms with E-state index in [1.54, 1.807) is 24.5 Å². The van der Waals surface area contributed by atoms with E-state index < -0.39 is 0 Å². The smallest absolute Gasteiger partial charge is 0.255 e. The van der Waals surface area contributed by atoms with Gasteiger partial charge in [-0.3, -0.25) is 14.6 Å². The minimum atomic E-state index is 0.0513. The van der Waals surface area contributed by atoms with E-state index in [-0.39, 0.29) is 11.8 Å². The zero-order chi connectivity index (χ0) is 15.9. The van der Waals surface area contributed by atoms with Crippen LogP contribution in [0.2, 0.25) is 0 Å². The Balaban J connectivity index is 1.74.